The Labute approximate surface area is 174 Å². The van der Waals surface area contributed by atoms with Crippen molar-refractivity contribution in [3.63, 3.8) is 0 Å². The van der Waals surface area contributed by atoms with Crippen LogP contribution in [-0.2, 0) is 6.54 Å². The summed E-state index contributed by atoms with van der Waals surface area (Å²) >= 11 is 0. The molecule has 0 bridgehead atoms. The minimum Gasteiger partial charge on any atom is -0.306 e. The molecule has 8 nitrogen and oxygen atoms in total. The molecule has 30 heavy (non-hydrogen) atoms. The summed E-state index contributed by atoms with van der Waals surface area (Å²) < 4.78 is 14.9. The molecule has 1 aromatic carbocycles. The molecule has 158 valence electrons. The van der Waals surface area contributed by atoms with Gasteiger partial charge in [0.15, 0.2) is 5.65 Å². The van der Waals surface area contributed by atoms with Crippen molar-refractivity contribution < 1.29 is 9.18 Å². The fourth-order valence-electron chi connectivity index (χ4n) is 3.68. The number of carbonyl (C=O) groups excluding carboxylic acids is 1. The summed E-state index contributed by atoms with van der Waals surface area (Å²) in [5, 5.41) is 7.90. The Hall–Kier alpha value is -2.91. The molecule has 1 aliphatic heterocycles. The van der Waals surface area contributed by atoms with E-state index < -0.39 is 0 Å². The largest absolute Gasteiger partial charge is 0.306 e. The summed E-state index contributed by atoms with van der Waals surface area (Å²) in [6, 6.07) is 5.96. The third kappa shape index (κ3) is 4.47. The van der Waals surface area contributed by atoms with Gasteiger partial charge in [0.2, 0.25) is 0 Å². The highest BCUT2D eigenvalue weighted by Crippen LogP contribution is 2.19. The van der Waals surface area contributed by atoms with Gasteiger partial charge < -0.3 is 5.32 Å². The number of anilines is 1. The lowest BCUT2D eigenvalue weighted by Crippen LogP contribution is -2.49. The zero-order valence-corrected chi connectivity index (χ0v) is 17.3. The third-order valence-corrected chi connectivity index (χ3v) is 5.54. The molecule has 0 unspecified atom stereocenters. The fourth-order valence-corrected chi connectivity index (χ4v) is 3.68. The first kappa shape index (κ1) is 20.4. The van der Waals surface area contributed by atoms with Crippen LogP contribution in [-0.4, -0.2) is 74.2 Å². The molecule has 1 N–H and O–H groups in total. The summed E-state index contributed by atoms with van der Waals surface area (Å²) in [6.45, 7) is 10.3. The number of amides is 1. The van der Waals surface area contributed by atoms with E-state index >= 15 is 0 Å². The SMILES string of the molecule is CC(C)N1CCN(CCn2ncc3c(NC(=O)c4ccc(F)cc4)ncnc32)CC1. The van der Waals surface area contributed by atoms with E-state index in [-0.39, 0.29) is 11.7 Å². The van der Waals surface area contributed by atoms with E-state index in [9.17, 15) is 9.18 Å². The number of fused-ring (bicyclic) bond motifs is 1. The van der Waals surface area contributed by atoms with Crippen molar-refractivity contribution in [2.45, 2.75) is 26.4 Å². The van der Waals surface area contributed by atoms with Crippen LogP contribution in [0.25, 0.3) is 11.0 Å². The molecule has 2 aromatic heterocycles. The van der Waals surface area contributed by atoms with Crippen molar-refractivity contribution in [1.29, 1.82) is 0 Å². The maximum atomic E-state index is 13.1. The van der Waals surface area contributed by atoms with Crippen LogP contribution < -0.4 is 5.32 Å². The summed E-state index contributed by atoms with van der Waals surface area (Å²) in [7, 11) is 0. The number of carbonyl (C=O) groups is 1. The zero-order chi connectivity index (χ0) is 21.1. The average molecular weight is 411 g/mol. The number of nitrogens with one attached hydrogen (secondary N) is 1. The smallest absolute Gasteiger partial charge is 0.256 e. The van der Waals surface area contributed by atoms with Gasteiger partial charge in [0.05, 0.1) is 18.1 Å². The van der Waals surface area contributed by atoms with Crippen LogP contribution in [0.5, 0.6) is 0 Å². The molecule has 3 aromatic rings. The van der Waals surface area contributed by atoms with Crippen molar-refractivity contribution in [2.75, 3.05) is 38.0 Å². The van der Waals surface area contributed by atoms with E-state index in [2.05, 4.69) is 44.0 Å². The van der Waals surface area contributed by atoms with Gasteiger partial charge >= 0.3 is 0 Å². The lowest BCUT2D eigenvalue weighted by molar-refractivity contribution is 0.102. The minimum atomic E-state index is -0.386. The molecule has 9 heteroatoms. The number of hydrogen-bond donors (Lipinski definition) is 1. The standard InChI is InChI=1S/C21H26FN7O/c1-15(2)28-10-7-27(8-11-28)9-12-29-20-18(13-25-29)19(23-14-24-20)26-21(30)16-3-5-17(22)6-4-16/h3-6,13-15H,7-12H2,1-2H3,(H,23,24,26,30). The number of nitrogens with zero attached hydrogens (tertiary/aromatic N) is 6. The second-order valence-corrected chi connectivity index (χ2v) is 7.76. The van der Waals surface area contributed by atoms with Gasteiger partial charge in [-0.15, -0.1) is 0 Å². The number of piperazine rings is 1. The van der Waals surface area contributed by atoms with Gasteiger partial charge in [-0.3, -0.25) is 14.6 Å². The number of rotatable bonds is 6. The van der Waals surface area contributed by atoms with Crippen LogP contribution >= 0.6 is 0 Å². The second-order valence-electron chi connectivity index (χ2n) is 7.76. The lowest BCUT2D eigenvalue weighted by atomic mass is 10.2. The predicted octanol–water partition coefficient (Wildman–Crippen LogP) is 2.24. The van der Waals surface area contributed by atoms with Crippen LogP contribution in [0.3, 0.4) is 0 Å². The molecule has 0 saturated carbocycles. The molecule has 1 aliphatic rings. The highest BCUT2D eigenvalue weighted by Gasteiger charge is 2.19. The van der Waals surface area contributed by atoms with Crippen molar-refractivity contribution in [3.05, 3.63) is 48.2 Å². The number of hydrogen-bond acceptors (Lipinski definition) is 6. The predicted molar refractivity (Wildman–Crippen MR) is 113 cm³/mol. The van der Waals surface area contributed by atoms with Crippen LogP contribution in [0.2, 0.25) is 0 Å². The van der Waals surface area contributed by atoms with Gasteiger partial charge in [0, 0.05) is 44.3 Å². The molecule has 1 fully saturated rings. The first-order valence-electron chi connectivity index (χ1n) is 10.2. The molecule has 0 aliphatic carbocycles. The van der Waals surface area contributed by atoms with Gasteiger partial charge in [-0.1, -0.05) is 0 Å². The van der Waals surface area contributed by atoms with Crippen molar-refractivity contribution >= 4 is 22.8 Å². The van der Waals surface area contributed by atoms with Crippen molar-refractivity contribution in [1.82, 2.24) is 29.5 Å². The molecular weight excluding hydrogens is 385 g/mol. The van der Waals surface area contributed by atoms with Crippen LogP contribution in [0, 0.1) is 5.82 Å². The normalized spacial score (nSPS) is 15.7. The van der Waals surface area contributed by atoms with Crippen LogP contribution in [0.4, 0.5) is 10.2 Å². The van der Waals surface area contributed by atoms with Crippen molar-refractivity contribution in [3.8, 4) is 0 Å². The molecular formula is C21H26FN7O. The van der Waals surface area contributed by atoms with Crippen LogP contribution in [0.1, 0.15) is 24.2 Å². The zero-order valence-electron chi connectivity index (χ0n) is 17.3. The summed E-state index contributed by atoms with van der Waals surface area (Å²) in [4.78, 5) is 25.9. The minimum absolute atomic E-state index is 0.356. The van der Waals surface area contributed by atoms with Gasteiger partial charge in [-0.2, -0.15) is 5.10 Å². The lowest BCUT2D eigenvalue weighted by Gasteiger charge is -2.36. The molecule has 1 saturated heterocycles. The summed E-state index contributed by atoms with van der Waals surface area (Å²) in [5.74, 6) is -0.347. The topological polar surface area (TPSA) is 79.2 Å². The van der Waals surface area contributed by atoms with E-state index in [1.807, 2.05) is 4.68 Å². The molecule has 0 atom stereocenters. The Morgan fingerprint density at radius 2 is 1.83 bits per heavy atom. The number of aromatic nitrogens is 4. The molecule has 0 radical (unpaired) electrons. The average Bonchev–Trinajstić information content (AvgIpc) is 3.17. The molecule has 1 amide bonds. The number of halogens is 1. The van der Waals surface area contributed by atoms with Crippen LogP contribution in [0.15, 0.2) is 36.8 Å². The maximum Gasteiger partial charge on any atom is 0.256 e. The Balaban J connectivity index is 1.42. The number of benzene rings is 1. The summed E-state index contributed by atoms with van der Waals surface area (Å²) in [6.07, 6.45) is 3.09. The quantitative estimate of drug-likeness (QED) is 0.670. The highest BCUT2D eigenvalue weighted by molar-refractivity contribution is 6.07. The molecule has 4 rings (SSSR count). The highest BCUT2D eigenvalue weighted by atomic mass is 19.1. The van der Waals surface area contributed by atoms with E-state index in [4.69, 9.17) is 0 Å². The first-order chi connectivity index (χ1) is 14.5. The van der Waals surface area contributed by atoms with E-state index in [0.29, 0.717) is 35.0 Å². The Kier molecular flexibility index (Phi) is 6.01. The Bertz CT molecular complexity index is 1010. The Morgan fingerprint density at radius 1 is 1.10 bits per heavy atom. The van der Waals surface area contributed by atoms with Gasteiger partial charge in [0.1, 0.15) is 18.0 Å². The second kappa shape index (κ2) is 8.85. The first-order valence-corrected chi connectivity index (χ1v) is 10.2. The fraction of sp³-hybridized carbons (Fsp3) is 0.429. The Morgan fingerprint density at radius 3 is 2.53 bits per heavy atom. The maximum absolute atomic E-state index is 13.1. The third-order valence-electron chi connectivity index (χ3n) is 5.54. The molecule has 3 heterocycles. The van der Waals surface area contributed by atoms with Gasteiger partial charge in [-0.05, 0) is 38.1 Å². The van der Waals surface area contributed by atoms with Crippen molar-refractivity contribution in [2.24, 2.45) is 0 Å². The summed E-state index contributed by atoms with van der Waals surface area (Å²) in [5.41, 5.74) is 1.04. The van der Waals surface area contributed by atoms with E-state index in [1.54, 1.807) is 6.20 Å². The van der Waals surface area contributed by atoms with E-state index in [1.165, 1.54) is 30.6 Å². The molecule has 0 spiro atoms. The van der Waals surface area contributed by atoms with E-state index in [0.717, 1.165) is 32.7 Å². The van der Waals surface area contributed by atoms with Gasteiger partial charge in [-0.25, -0.2) is 19.0 Å². The monoisotopic (exact) mass is 411 g/mol. The van der Waals surface area contributed by atoms with Gasteiger partial charge in [0.25, 0.3) is 5.91 Å².